The van der Waals surface area contributed by atoms with Crippen LogP contribution in [0.15, 0.2) is 47.6 Å². The summed E-state index contributed by atoms with van der Waals surface area (Å²) in [5, 5.41) is 9.57. The van der Waals surface area contributed by atoms with Crippen molar-refractivity contribution in [2.75, 3.05) is 25.1 Å². The highest BCUT2D eigenvalue weighted by molar-refractivity contribution is 5.99. The van der Waals surface area contributed by atoms with Crippen LogP contribution in [0.5, 0.6) is 11.5 Å². The van der Waals surface area contributed by atoms with E-state index in [4.69, 9.17) is 14.3 Å². The fraction of sp³-hybridized carbons (Fsp3) is 0.318. The van der Waals surface area contributed by atoms with E-state index in [0.717, 1.165) is 11.1 Å². The van der Waals surface area contributed by atoms with E-state index < -0.39 is 0 Å². The Morgan fingerprint density at radius 3 is 2.47 bits per heavy atom. The van der Waals surface area contributed by atoms with Gasteiger partial charge in [0.1, 0.15) is 13.2 Å². The van der Waals surface area contributed by atoms with E-state index in [0.29, 0.717) is 36.1 Å². The third-order valence-corrected chi connectivity index (χ3v) is 4.46. The Balaban J connectivity index is 1.49. The number of carbonyl (C=O) groups excluding carboxylic acids is 2. The molecule has 2 aromatic carbocycles. The number of hydrogen-bond acceptors (Lipinski definition) is 6. The molecule has 0 bridgehead atoms. The predicted octanol–water partition coefficient (Wildman–Crippen LogP) is 3.03. The molecule has 0 aliphatic carbocycles. The summed E-state index contributed by atoms with van der Waals surface area (Å²) in [6, 6.07) is 12.6. The van der Waals surface area contributed by atoms with Gasteiger partial charge >= 0.3 is 0 Å². The van der Waals surface area contributed by atoms with E-state index in [-0.39, 0.29) is 24.5 Å². The first kappa shape index (κ1) is 21.2. The molecule has 1 heterocycles. The van der Waals surface area contributed by atoms with Crippen molar-refractivity contribution in [1.29, 1.82) is 0 Å². The molecule has 0 spiro atoms. The summed E-state index contributed by atoms with van der Waals surface area (Å²) in [5.74, 6) is 0.977. The SMILES string of the molecule is CC(=O)Nc1ccc(/C(C)=N\OCC(=O)N[C@H](C)c2ccc3c(c2)OCCO3)cc1. The number of nitrogens with one attached hydrogen (secondary N) is 2. The van der Waals surface area contributed by atoms with E-state index in [1.165, 1.54) is 6.92 Å². The van der Waals surface area contributed by atoms with Crippen LogP contribution < -0.4 is 20.1 Å². The Bertz CT molecular complexity index is 940. The fourth-order valence-electron chi connectivity index (χ4n) is 2.93. The normalized spacial score (nSPS) is 13.9. The second kappa shape index (κ2) is 9.78. The van der Waals surface area contributed by atoms with Gasteiger partial charge in [0.2, 0.25) is 5.91 Å². The van der Waals surface area contributed by atoms with Crippen LogP contribution in [0.25, 0.3) is 0 Å². The van der Waals surface area contributed by atoms with Gasteiger partial charge in [0.25, 0.3) is 5.91 Å². The Morgan fingerprint density at radius 2 is 1.77 bits per heavy atom. The molecule has 0 fully saturated rings. The van der Waals surface area contributed by atoms with E-state index in [9.17, 15) is 9.59 Å². The first-order chi connectivity index (χ1) is 14.4. The van der Waals surface area contributed by atoms with E-state index >= 15 is 0 Å². The van der Waals surface area contributed by atoms with Crippen molar-refractivity contribution in [3.63, 3.8) is 0 Å². The van der Waals surface area contributed by atoms with Crippen LogP contribution >= 0.6 is 0 Å². The lowest BCUT2D eigenvalue weighted by molar-refractivity contribution is -0.126. The molecule has 1 atom stereocenters. The van der Waals surface area contributed by atoms with Crippen LogP contribution in [-0.4, -0.2) is 37.3 Å². The molecule has 0 saturated carbocycles. The first-order valence-corrected chi connectivity index (χ1v) is 9.66. The highest BCUT2D eigenvalue weighted by Crippen LogP contribution is 2.32. The van der Waals surface area contributed by atoms with Gasteiger partial charge in [-0.15, -0.1) is 0 Å². The van der Waals surface area contributed by atoms with Crippen molar-refractivity contribution in [2.24, 2.45) is 5.16 Å². The molecule has 30 heavy (non-hydrogen) atoms. The summed E-state index contributed by atoms with van der Waals surface area (Å²) in [5.41, 5.74) is 3.06. The van der Waals surface area contributed by atoms with Crippen LogP contribution in [0.4, 0.5) is 5.69 Å². The van der Waals surface area contributed by atoms with Gasteiger partial charge in [0.05, 0.1) is 11.8 Å². The van der Waals surface area contributed by atoms with Gasteiger partial charge in [-0.2, -0.15) is 0 Å². The van der Waals surface area contributed by atoms with Crippen molar-refractivity contribution in [1.82, 2.24) is 5.32 Å². The van der Waals surface area contributed by atoms with E-state index in [1.54, 1.807) is 19.1 Å². The molecular weight excluding hydrogens is 386 g/mol. The lowest BCUT2D eigenvalue weighted by atomic mass is 10.1. The zero-order valence-corrected chi connectivity index (χ0v) is 17.2. The van der Waals surface area contributed by atoms with Gasteiger partial charge in [0.15, 0.2) is 18.1 Å². The molecule has 3 rings (SSSR count). The molecule has 0 aromatic heterocycles. The number of nitrogens with zero attached hydrogens (tertiary/aromatic N) is 1. The van der Waals surface area contributed by atoms with Crippen LogP contribution in [0.2, 0.25) is 0 Å². The number of carbonyl (C=O) groups is 2. The first-order valence-electron chi connectivity index (χ1n) is 9.66. The van der Waals surface area contributed by atoms with Crippen molar-refractivity contribution < 1.29 is 23.9 Å². The molecular formula is C22H25N3O5. The van der Waals surface area contributed by atoms with Crippen LogP contribution in [0, 0.1) is 0 Å². The number of benzene rings is 2. The van der Waals surface area contributed by atoms with Crippen LogP contribution in [0.1, 0.15) is 37.9 Å². The summed E-state index contributed by atoms with van der Waals surface area (Å²) in [4.78, 5) is 28.4. The van der Waals surface area contributed by atoms with Crippen LogP contribution in [-0.2, 0) is 14.4 Å². The molecule has 8 heteroatoms. The molecule has 2 N–H and O–H groups in total. The maximum absolute atomic E-state index is 12.2. The lowest BCUT2D eigenvalue weighted by Crippen LogP contribution is -2.30. The number of oxime groups is 1. The standard InChI is InChI=1S/C22H25N3O5/c1-14(18-6-9-20-21(12-18)29-11-10-28-20)23-22(27)13-30-25-15(2)17-4-7-19(8-5-17)24-16(3)26/h4-9,12,14H,10-11,13H2,1-3H3,(H,23,27)(H,24,26)/b25-15-/t14-/m1/s1. The minimum atomic E-state index is -0.282. The molecule has 0 unspecified atom stereocenters. The van der Waals surface area contributed by atoms with E-state index in [1.807, 2.05) is 37.3 Å². The molecule has 2 aromatic rings. The molecule has 0 radical (unpaired) electrons. The summed E-state index contributed by atoms with van der Waals surface area (Å²) < 4.78 is 11.1. The average molecular weight is 411 g/mol. The largest absolute Gasteiger partial charge is 0.486 e. The van der Waals surface area contributed by atoms with Crippen LogP contribution in [0.3, 0.4) is 0 Å². The molecule has 1 aliphatic heterocycles. The average Bonchev–Trinajstić information content (AvgIpc) is 2.73. The Hall–Kier alpha value is -3.55. The summed E-state index contributed by atoms with van der Waals surface area (Å²) in [7, 11) is 0. The summed E-state index contributed by atoms with van der Waals surface area (Å²) in [6.45, 7) is 5.97. The zero-order valence-electron chi connectivity index (χ0n) is 17.2. The number of amides is 2. The highest BCUT2D eigenvalue weighted by Gasteiger charge is 2.16. The number of fused-ring (bicyclic) bond motifs is 1. The Morgan fingerprint density at radius 1 is 1.07 bits per heavy atom. The van der Waals surface area contributed by atoms with Gasteiger partial charge in [-0.3, -0.25) is 9.59 Å². The minimum Gasteiger partial charge on any atom is -0.486 e. The topological polar surface area (TPSA) is 98.2 Å². The van der Waals surface area contributed by atoms with Crippen molar-refractivity contribution in [3.05, 3.63) is 53.6 Å². The monoisotopic (exact) mass is 411 g/mol. The molecule has 8 nitrogen and oxygen atoms in total. The minimum absolute atomic E-state index is 0.132. The second-order valence-corrected chi connectivity index (χ2v) is 6.90. The van der Waals surface area contributed by atoms with Gasteiger partial charge in [-0.1, -0.05) is 23.4 Å². The number of ether oxygens (including phenoxy) is 2. The summed E-state index contributed by atoms with van der Waals surface area (Å²) >= 11 is 0. The van der Waals surface area contributed by atoms with Gasteiger partial charge in [0, 0.05) is 12.6 Å². The number of anilines is 1. The molecule has 158 valence electrons. The fourth-order valence-corrected chi connectivity index (χ4v) is 2.93. The van der Waals surface area contributed by atoms with Gasteiger partial charge < -0.3 is 24.9 Å². The van der Waals surface area contributed by atoms with Gasteiger partial charge in [-0.25, -0.2) is 0 Å². The van der Waals surface area contributed by atoms with Crippen molar-refractivity contribution in [3.8, 4) is 11.5 Å². The zero-order chi connectivity index (χ0) is 21.5. The third kappa shape index (κ3) is 5.73. The van der Waals surface area contributed by atoms with Gasteiger partial charge in [-0.05, 0) is 49.2 Å². The maximum atomic E-state index is 12.2. The lowest BCUT2D eigenvalue weighted by Gasteiger charge is -2.21. The smallest absolute Gasteiger partial charge is 0.261 e. The quantitative estimate of drug-likeness (QED) is 0.539. The summed E-state index contributed by atoms with van der Waals surface area (Å²) in [6.07, 6.45) is 0. The molecule has 1 aliphatic rings. The number of hydrogen-bond donors (Lipinski definition) is 2. The van der Waals surface area contributed by atoms with Crippen molar-refractivity contribution >= 4 is 23.2 Å². The Kier molecular flexibility index (Phi) is 6.90. The second-order valence-electron chi connectivity index (χ2n) is 6.90. The maximum Gasteiger partial charge on any atom is 0.261 e. The predicted molar refractivity (Wildman–Crippen MR) is 113 cm³/mol. The molecule has 2 amide bonds. The Labute approximate surface area is 175 Å². The molecule has 0 saturated heterocycles. The van der Waals surface area contributed by atoms with E-state index in [2.05, 4.69) is 15.8 Å². The number of rotatable bonds is 7. The highest BCUT2D eigenvalue weighted by atomic mass is 16.6. The third-order valence-electron chi connectivity index (χ3n) is 4.46. The van der Waals surface area contributed by atoms with Crippen molar-refractivity contribution in [2.45, 2.75) is 26.8 Å².